The average Bonchev–Trinajstić information content (AvgIpc) is 3.18. The molecule has 0 aliphatic carbocycles. The molecule has 3 rings (SSSR count). The third-order valence-corrected chi connectivity index (χ3v) is 4.86. The molecule has 2 N–H and O–H groups in total. The zero-order valence-electron chi connectivity index (χ0n) is 15.5. The van der Waals surface area contributed by atoms with E-state index in [2.05, 4.69) is 46.7 Å². The first-order chi connectivity index (χ1) is 12.7. The molecule has 0 unspecified atom stereocenters. The van der Waals surface area contributed by atoms with E-state index in [0.29, 0.717) is 11.7 Å². The minimum Gasteiger partial charge on any atom is -0.494 e. The SMILES string of the molecule is CCOc1ccc(NC(=S)N[C@H](C)c2ccc(N3CCCC3)cc2)cc1. The quantitative estimate of drug-likeness (QED) is 0.720. The molecule has 26 heavy (non-hydrogen) atoms. The first-order valence-corrected chi connectivity index (χ1v) is 9.72. The van der Waals surface area contributed by atoms with Crippen molar-refractivity contribution >= 4 is 28.7 Å². The number of nitrogens with one attached hydrogen (secondary N) is 2. The van der Waals surface area contributed by atoms with Crippen LogP contribution in [0.4, 0.5) is 11.4 Å². The summed E-state index contributed by atoms with van der Waals surface area (Å²) < 4.78 is 5.45. The molecule has 0 spiro atoms. The van der Waals surface area contributed by atoms with Crippen LogP contribution < -0.4 is 20.3 Å². The van der Waals surface area contributed by atoms with E-state index in [-0.39, 0.29) is 6.04 Å². The van der Waals surface area contributed by atoms with Crippen molar-refractivity contribution in [3.8, 4) is 5.75 Å². The van der Waals surface area contributed by atoms with Crippen LogP contribution in [0.15, 0.2) is 48.5 Å². The molecule has 1 aliphatic heterocycles. The highest BCUT2D eigenvalue weighted by atomic mass is 32.1. The second kappa shape index (κ2) is 8.90. The fourth-order valence-corrected chi connectivity index (χ4v) is 3.49. The predicted molar refractivity (Wildman–Crippen MR) is 113 cm³/mol. The molecule has 4 nitrogen and oxygen atoms in total. The van der Waals surface area contributed by atoms with Gasteiger partial charge in [0, 0.05) is 24.5 Å². The van der Waals surface area contributed by atoms with E-state index < -0.39 is 0 Å². The molecule has 2 aromatic carbocycles. The normalized spacial score (nSPS) is 14.8. The Balaban J connectivity index is 1.53. The van der Waals surface area contributed by atoms with E-state index in [4.69, 9.17) is 17.0 Å². The van der Waals surface area contributed by atoms with Gasteiger partial charge in [-0.15, -0.1) is 0 Å². The summed E-state index contributed by atoms with van der Waals surface area (Å²) in [4.78, 5) is 2.44. The maximum absolute atomic E-state index is 5.45. The lowest BCUT2D eigenvalue weighted by atomic mass is 10.1. The Morgan fingerprint density at radius 2 is 1.73 bits per heavy atom. The summed E-state index contributed by atoms with van der Waals surface area (Å²) in [5, 5.41) is 7.19. The number of benzene rings is 2. The second-order valence-corrected chi connectivity index (χ2v) is 6.97. The number of hydrogen-bond acceptors (Lipinski definition) is 3. The Kier molecular flexibility index (Phi) is 6.34. The van der Waals surface area contributed by atoms with Crippen LogP contribution in [-0.2, 0) is 0 Å². The lowest BCUT2D eigenvalue weighted by Gasteiger charge is -2.20. The molecule has 0 aromatic heterocycles. The van der Waals surface area contributed by atoms with Gasteiger partial charge in [-0.25, -0.2) is 0 Å². The molecular weight excluding hydrogens is 342 g/mol. The van der Waals surface area contributed by atoms with Crippen LogP contribution in [0.25, 0.3) is 0 Å². The van der Waals surface area contributed by atoms with Crippen molar-refractivity contribution in [1.82, 2.24) is 5.32 Å². The Hall–Kier alpha value is -2.27. The number of ether oxygens (including phenoxy) is 1. The third kappa shape index (κ3) is 4.88. The van der Waals surface area contributed by atoms with Crippen molar-refractivity contribution in [2.75, 3.05) is 29.9 Å². The first-order valence-electron chi connectivity index (χ1n) is 9.31. The number of anilines is 2. The minimum atomic E-state index is 0.144. The fraction of sp³-hybridized carbons (Fsp3) is 0.381. The molecule has 0 bridgehead atoms. The molecule has 1 saturated heterocycles. The highest BCUT2D eigenvalue weighted by Crippen LogP contribution is 2.23. The lowest BCUT2D eigenvalue weighted by Crippen LogP contribution is -2.30. The van der Waals surface area contributed by atoms with Gasteiger partial charge in [-0.1, -0.05) is 12.1 Å². The smallest absolute Gasteiger partial charge is 0.171 e. The molecule has 5 heteroatoms. The topological polar surface area (TPSA) is 36.5 Å². The molecule has 0 amide bonds. The molecule has 138 valence electrons. The van der Waals surface area contributed by atoms with Crippen molar-refractivity contribution in [3.05, 3.63) is 54.1 Å². The summed E-state index contributed by atoms with van der Waals surface area (Å²) in [6.07, 6.45) is 2.59. The standard InChI is InChI=1S/C21H27N3OS/c1-3-25-20-12-8-18(9-13-20)23-21(26)22-16(2)17-6-10-19(11-7-17)24-14-4-5-15-24/h6-13,16H,3-5,14-15H2,1-2H3,(H2,22,23,26)/t16-/m1/s1. The number of hydrogen-bond donors (Lipinski definition) is 2. The van der Waals surface area contributed by atoms with Crippen LogP contribution in [0, 0.1) is 0 Å². The molecule has 1 fully saturated rings. The second-order valence-electron chi connectivity index (χ2n) is 6.56. The summed E-state index contributed by atoms with van der Waals surface area (Å²) in [6, 6.07) is 16.7. The van der Waals surface area contributed by atoms with Crippen LogP contribution in [0.3, 0.4) is 0 Å². The Morgan fingerprint density at radius 3 is 2.35 bits per heavy atom. The summed E-state index contributed by atoms with van der Waals surface area (Å²) in [5.41, 5.74) is 3.49. The van der Waals surface area contributed by atoms with Crippen molar-refractivity contribution in [1.29, 1.82) is 0 Å². The van der Waals surface area contributed by atoms with Crippen LogP contribution in [0.5, 0.6) is 5.75 Å². The summed E-state index contributed by atoms with van der Waals surface area (Å²) in [7, 11) is 0. The number of thiocarbonyl (C=S) groups is 1. The largest absolute Gasteiger partial charge is 0.494 e. The lowest BCUT2D eigenvalue weighted by molar-refractivity contribution is 0.340. The molecule has 1 heterocycles. The highest BCUT2D eigenvalue weighted by molar-refractivity contribution is 7.80. The minimum absolute atomic E-state index is 0.144. The van der Waals surface area contributed by atoms with Gasteiger partial charge in [0.1, 0.15) is 5.75 Å². The molecule has 2 aromatic rings. The average molecular weight is 370 g/mol. The Morgan fingerprint density at radius 1 is 1.08 bits per heavy atom. The highest BCUT2D eigenvalue weighted by Gasteiger charge is 2.13. The zero-order valence-corrected chi connectivity index (χ0v) is 16.3. The van der Waals surface area contributed by atoms with E-state index in [1.165, 1.54) is 37.2 Å². The Bertz CT molecular complexity index is 709. The summed E-state index contributed by atoms with van der Waals surface area (Å²) in [5.74, 6) is 0.864. The van der Waals surface area contributed by atoms with Crippen LogP contribution in [0.2, 0.25) is 0 Å². The van der Waals surface area contributed by atoms with E-state index >= 15 is 0 Å². The van der Waals surface area contributed by atoms with Crippen LogP contribution >= 0.6 is 12.2 Å². The van der Waals surface area contributed by atoms with Crippen LogP contribution in [-0.4, -0.2) is 24.8 Å². The van der Waals surface area contributed by atoms with E-state index in [1.807, 2.05) is 31.2 Å². The molecule has 1 atom stereocenters. The van der Waals surface area contributed by atoms with Gasteiger partial charge in [0.2, 0.25) is 0 Å². The third-order valence-electron chi connectivity index (χ3n) is 4.64. The van der Waals surface area contributed by atoms with Crippen molar-refractivity contribution in [2.45, 2.75) is 32.7 Å². The van der Waals surface area contributed by atoms with Crippen molar-refractivity contribution < 1.29 is 4.74 Å². The maximum atomic E-state index is 5.45. The van der Waals surface area contributed by atoms with E-state index in [0.717, 1.165) is 11.4 Å². The van der Waals surface area contributed by atoms with Gasteiger partial charge in [0.25, 0.3) is 0 Å². The summed E-state index contributed by atoms with van der Waals surface area (Å²) in [6.45, 7) is 7.11. The van der Waals surface area contributed by atoms with Gasteiger partial charge in [0.15, 0.2) is 5.11 Å². The molecule has 0 radical (unpaired) electrons. The first kappa shape index (κ1) is 18.5. The summed E-state index contributed by atoms with van der Waals surface area (Å²) >= 11 is 5.45. The number of nitrogens with zero attached hydrogens (tertiary/aromatic N) is 1. The molecular formula is C21H27N3OS. The predicted octanol–water partition coefficient (Wildman–Crippen LogP) is 4.73. The van der Waals surface area contributed by atoms with E-state index in [1.54, 1.807) is 0 Å². The van der Waals surface area contributed by atoms with Gasteiger partial charge in [-0.05, 0) is 80.9 Å². The monoisotopic (exact) mass is 369 g/mol. The van der Waals surface area contributed by atoms with Crippen molar-refractivity contribution in [3.63, 3.8) is 0 Å². The zero-order chi connectivity index (χ0) is 18.4. The van der Waals surface area contributed by atoms with Crippen molar-refractivity contribution in [2.24, 2.45) is 0 Å². The molecule has 1 aliphatic rings. The van der Waals surface area contributed by atoms with E-state index in [9.17, 15) is 0 Å². The van der Waals surface area contributed by atoms with Gasteiger partial charge >= 0.3 is 0 Å². The van der Waals surface area contributed by atoms with Crippen LogP contribution in [0.1, 0.15) is 38.3 Å². The number of rotatable bonds is 6. The van der Waals surface area contributed by atoms with Gasteiger partial charge in [0.05, 0.1) is 12.6 Å². The van der Waals surface area contributed by atoms with Gasteiger partial charge < -0.3 is 20.3 Å². The maximum Gasteiger partial charge on any atom is 0.171 e. The van der Waals surface area contributed by atoms with Gasteiger partial charge in [-0.3, -0.25) is 0 Å². The molecule has 0 saturated carbocycles. The fourth-order valence-electron chi connectivity index (χ4n) is 3.20. The van der Waals surface area contributed by atoms with Gasteiger partial charge in [-0.2, -0.15) is 0 Å². The Labute approximate surface area is 161 Å².